The van der Waals surface area contributed by atoms with Crippen molar-refractivity contribution >= 4 is 11.4 Å². The van der Waals surface area contributed by atoms with Crippen molar-refractivity contribution < 1.29 is 0 Å². The highest BCUT2D eigenvalue weighted by Gasteiger charge is 2.16. The van der Waals surface area contributed by atoms with Crippen molar-refractivity contribution in [2.75, 3.05) is 11.5 Å². The van der Waals surface area contributed by atoms with Crippen LogP contribution in [-0.2, 0) is 12.8 Å². The highest BCUT2D eigenvalue weighted by molar-refractivity contribution is 5.44. The molecular weight excluding hydrogens is 629 g/mol. The quantitative estimate of drug-likeness (QED) is 0.0480. The normalized spacial score (nSPS) is 12.6. The number of unbranched alkanes of at least 4 members (excludes halogenated alkanes) is 16. The van der Waals surface area contributed by atoms with Gasteiger partial charge in [-0.3, -0.25) is 0 Å². The van der Waals surface area contributed by atoms with Crippen LogP contribution in [-0.4, -0.2) is 0 Å². The van der Waals surface area contributed by atoms with Crippen LogP contribution < -0.4 is 11.5 Å². The summed E-state index contributed by atoms with van der Waals surface area (Å²) in [4.78, 5) is 0. The van der Waals surface area contributed by atoms with E-state index in [2.05, 4.69) is 111 Å². The molecule has 0 bridgehead atoms. The smallest absolute Gasteiger partial charge is 0.0314 e. The lowest BCUT2D eigenvalue weighted by atomic mass is 9.85. The van der Waals surface area contributed by atoms with E-state index in [9.17, 15) is 0 Å². The van der Waals surface area contributed by atoms with Gasteiger partial charge in [-0.2, -0.15) is 0 Å². The van der Waals surface area contributed by atoms with E-state index < -0.39 is 0 Å². The van der Waals surface area contributed by atoms with Crippen molar-refractivity contribution in [1.29, 1.82) is 0 Å². The van der Waals surface area contributed by atoms with Gasteiger partial charge in [0.15, 0.2) is 0 Å². The van der Waals surface area contributed by atoms with Crippen LogP contribution in [0.1, 0.15) is 187 Å². The second-order valence-electron chi connectivity index (χ2n) is 15.7. The highest BCUT2D eigenvalue weighted by Crippen LogP contribution is 2.33. The number of nitrogen functional groups attached to an aromatic ring is 2. The summed E-state index contributed by atoms with van der Waals surface area (Å²) in [5, 5.41) is 0. The predicted octanol–water partition coefficient (Wildman–Crippen LogP) is 14.7. The van der Waals surface area contributed by atoms with E-state index in [0.717, 1.165) is 24.2 Å². The summed E-state index contributed by atoms with van der Waals surface area (Å²) < 4.78 is 0. The van der Waals surface area contributed by atoms with Gasteiger partial charge in [0.05, 0.1) is 0 Å². The molecule has 2 atom stereocenters. The third kappa shape index (κ3) is 15.2. The second kappa shape index (κ2) is 24.7. The van der Waals surface area contributed by atoms with Crippen LogP contribution in [0.3, 0.4) is 0 Å². The lowest BCUT2D eigenvalue weighted by Crippen LogP contribution is -2.03. The van der Waals surface area contributed by atoms with Gasteiger partial charge in [0.2, 0.25) is 0 Å². The molecule has 0 saturated carbocycles. The Labute approximate surface area is 319 Å². The molecule has 2 nitrogen and oxygen atoms in total. The Morgan fingerprint density at radius 2 is 0.577 bits per heavy atom. The fourth-order valence-electron chi connectivity index (χ4n) is 7.95. The van der Waals surface area contributed by atoms with Crippen molar-refractivity contribution in [2.24, 2.45) is 0 Å². The van der Waals surface area contributed by atoms with E-state index in [-0.39, 0.29) is 0 Å². The Kier molecular flexibility index (Phi) is 19.6. The average molecular weight is 701 g/mol. The van der Waals surface area contributed by atoms with Gasteiger partial charge in [-0.25, -0.2) is 0 Å². The Bertz CT molecular complexity index is 1340. The Morgan fingerprint density at radius 1 is 0.327 bits per heavy atom. The number of anilines is 2. The van der Waals surface area contributed by atoms with Crippen molar-refractivity contribution in [3.8, 4) is 0 Å². The molecule has 0 radical (unpaired) electrons. The maximum Gasteiger partial charge on any atom is 0.0314 e. The third-order valence-corrected chi connectivity index (χ3v) is 11.3. The maximum absolute atomic E-state index is 6.06. The minimum absolute atomic E-state index is 0.427. The molecule has 52 heavy (non-hydrogen) atoms. The first-order valence-corrected chi connectivity index (χ1v) is 21.5. The fraction of sp³-hybridized carbons (Fsp3) is 0.520. The van der Waals surface area contributed by atoms with Gasteiger partial charge in [0.25, 0.3) is 0 Å². The number of hydrogen-bond donors (Lipinski definition) is 2. The largest absolute Gasteiger partial charge is 0.399 e. The van der Waals surface area contributed by atoms with Gasteiger partial charge >= 0.3 is 0 Å². The van der Waals surface area contributed by atoms with Crippen molar-refractivity contribution in [1.82, 2.24) is 0 Å². The third-order valence-electron chi connectivity index (χ3n) is 11.3. The zero-order valence-corrected chi connectivity index (χ0v) is 33.1. The molecule has 4 rings (SSSR count). The monoisotopic (exact) mass is 701 g/mol. The van der Waals surface area contributed by atoms with Crippen LogP contribution in [0.2, 0.25) is 0 Å². The van der Waals surface area contributed by atoms with E-state index in [1.54, 1.807) is 0 Å². The molecule has 0 aliphatic rings. The molecule has 2 unspecified atom stereocenters. The van der Waals surface area contributed by atoms with E-state index in [1.807, 2.05) is 0 Å². The minimum Gasteiger partial charge on any atom is -0.399 e. The van der Waals surface area contributed by atoms with E-state index in [0.29, 0.717) is 11.8 Å². The van der Waals surface area contributed by atoms with Gasteiger partial charge in [-0.15, -0.1) is 0 Å². The molecule has 0 fully saturated rings. The molecule has 0 saturated heterocycles. The number of rotatable bonds is 27. The molecule has 282 valence electrons. The summed E-state index contributed by atoms with van der Waals surface area (Å²) >= 11 is 0. The molecule has 4 aromatic rings. The number of benzene rings is 4. The first-order valence-electron chi connectivity index (χ1n) is 21.5. The Hall–Kier alpha value is -3.52. The molecule has 4 N–H and O–H groups in total. The molecular formula is C50H72N2. The van der Waals surface area contributed by atoms with Crippen LogP contribution >= 0.6 is 0 Å². The first-order chi connectivity index (χ1) is 25.6. The fourth-order valence-corrected chi connectivity index (χ4v) is 7.95. The van der Waals surface area contributed by atoms with Crippen LogP contribution in [0.4, 0.5) is 11.4 Å². The summed E-state index contributed by atoms with van der Waals surface area (Å²) in [6.07, 6.45) is 29.1. The SMILES string of the molecule is CCCCCCCCCCCC(c1ccc(N)cc1)c1ccc(CCc2ccc(C(CCCCCCCCCCC)c3ccc(N)cc3)cc2)cc1. The van der Waals surface area contributed by atoms with Crippen molar-refractivity contribution in [2.45, 2.75) is 167 Å². The highest BCUT2D eigenvalue weighted by atomic mass is 14.5. The lowest BCUT2D eigenvalue weighted by molar-refractivity contribution is 0.545. The van der Waals surface area contributed by atoms with Crippen molar-refractivity contribution in [3.63, 3.8) is 0 Å². The van der Waals surface area contributed by atoms with Gasteiger partial charge in [0.1, 0.15) is 0 Å². The molecule has 0 heterocycles. The summed E-state index contributed by atoms with van der Waals surface area (Å²) in [6, 6.07) is 36.2. The Balaban J connectivity index is 1.29. The molecule has 0 aliphatic heterocycles. The van der Waals surface area contributed by atoms with Crippen LogP contribution in [0, 0.1) is 0 Å². The van der Waals surface area contributed by atoms with E-state index in [1.165, 1.54) is 162 Å². The van der Waals surface area contributed by atoms with Gasteiger partial charge in [-0.1, -0.05) is 202 Å². The summed E-state index contributed by atoms with van der Waals surface area (Å²) in [5.41, 5.74) is 22.3. The molecule has 2 heteroatoms. The Morgan fingerprint density at radius 3 is 0.865 bits per heavy atom. The van der Waals surface area contributed by atoms with Crippen molar-refractivity contribution in [3.05, 3.63) is 130 Å². The average Bonchev–Trinajstić information content (AvgIpc) is 3.17. The molecule has 0 aliphatic carbocycles. The van der Waals surface area contributed by atoms with Crippen LogP contribution in [0.15, 0.2) is 97.1 Å². The molecule has 4 aromatic carbocycles. The van der Waals surface area contributed by atoms with Gasteiger partial charge < -0.3 is 11.5 Å². The number of nitrogens with two attached hydrogens (primary N) is 2. The molecule has 0 aromatic heterocycles. The van der Waals surface area contributed by atoms with Crippen LogP contribution in [0.5, 0.6) is 0 Å². The van der Waals surface area contributed by atoms with E-state index >= 15 is 0 Å². The first kappa shape index (κ1) is 41.2. The zero-order chi connectivity index (χ0) is 36.6. The zero-order valence-electron chi connectivity index (χ0n) is 33.1. The topological polar surface area (TPSA) is 52.0 Å². The van der Waals surface area contributed by atoms with E-state index in [4.69, 9.17) is 11.5 Å². The van der Waals surface area contributed by atoms with Gasteiger partial charge in [-0.05, 0) is 83.3 Å². The predicted molar refractivity (Wildman–Crippen MR) is 229 cm³/mol. The summed E-state index contributed by atoms with van der Waals surface area (Å²) in [5.74, 6) is 0.854. The standard InChI is InChI=1S/C50H72N2/c1-3-5-7-9-11-13-15-17-19-21-49(45-33-37-47(51)38-34-45)43-29-25-41(26-30-43)23-24-42-27-31-44(32-28-42)50(46-35-39-48(52)40-36-46)22-20-18-16-14-12-10-8-6-4-2/h25-40,49-50H,3-24,51-52H2,1-2H3. The summed E-state index contributed by atoms with van der Waals surface area (Å²) in [7, 11) is 0. The molecule has 0 spiro atoms. The number of hydrogen-bond acceptors (Lipinski definition) is 2. The lowest BCUT2D eigenvalue weighted by Gasteiger charge is -2.19. The van der Waals surface area contributed by atoms with Crippen LogP contribution in [0.25, 0.3) is 0 Å². The summed E-state index contributed by atoms with van der Waals surface area (Å²) in [6.45, 7) is 4.59. The van der Waals surface area contributed by atoms with Gasteiger partial charge in [0, 0.05) is 23.2 Å². The number of aryl methyl sites for hydroxylation is 2. The maximum atomic E-state index is 6.06. The second-order valence-corrected chi connectivity index (χ2v) is 15.7. The molecule has 0 amide bonds. The minimum atomic E-state index is 0.427.